The summed E-state index contributed by atoms with van der Waals surface area (Å²) in [7, 11) is 3.33. The number of benzene rings is 2. The van der Waals surface area contributed by atoms with E-state index in [-0.39, 0.29) is 0 Å². The van der Waals surface area contributed by atoms with E-state index in [1.807, 2.05) is 22.9 Å². The molecule has 2 aromatic carbocycles. The first-order valence-electron chi connectivity index (χ1n) is 8.78. The topological polar surface area (TPSA) is 48.3 Å². The molecule has 26 heavy (non-hydrogen) atoms. The number of nitrogens with zero attached hydrogens (tertiary/aromatic N) is 2. The largest absolute Gasteiger partial charge is 0.497 e. The first-order valence-corrected chi connectivity index (χ1v) is 8.78. The lowest BCUT2D eigenvalue weighted by molar-refractivity contribution is 0.395. The van der Waals surface area contributed by atoms with Gasteiger partial charge in [0.25, 0.3) is 0 Å². The molecule has 1 N–H and O–H groups in total. The molecule has 5 nitrogen and oxygen atoms in total. The van der Waals surface area contributed by atoms with Crippen LogP contribution in [0.4, 0.5) is 5.82 Å². The lowest BCUT2D eigenvalue weighted by Gasteiger charge is -2.10. The van der Waals surface area contributed by atoms with Crippen LogP contribution in [0.25, 0.3) is 16.9 Å². The minimum atomic E-state index is 0.767. The van der Waals surface area contributed by atoms with Gasteiger partial charge in [0.1, 0.15) is 23.0 Å². The van der Waals surface area contributed by atoms with Crippen LogP contribution in [0, 0.1) is 13.8 Å². The summed E-state index contributed by atoms with van der Waals surface area (Å²) in [4.78, 5) is 0. The molecule has 2 heterocycles. The number of nitrogens with one attached hydrogen (secondary N) is 1. The monoisotopic (exact) mass is 349 g/mol. The van der Waals surface area contributed by atoms with E-state index in [9.17, 15) is 0 Å². The maximum atomic E-state index is 5.60. The molecule has 3 aromatic rings. The van der Waals surface area contributed by atoms with Gasteiger partial charge >= 0.3 is 0 Å². The predicted octanol–water partition coefficient (Wildman–Crippen LogP) is 4.14. The Balaban J connectivity index is 1.88. The quantitative estimate of drug-likeness (QED) is 0.769. The van der Waals surface area contributed by atoms with Gasteiger partial charge in [0.05, 0.1) is 19.9 Å². The third-order valence-electron chi connectivity index (χ3n) is 5.05. The molecule has 0 saturated heterocycles. The van der Waals surface area contributed by atoms with Crippen molar-refractivity contribution in [1.29, 1.82) is 0 Å². The maximum Gasteiger partial charge on any atom is 0.133 e. The van der Waals surface area contributed by atoms with Crippen molar-refractivity contribution in [2.24, 2.45) is 0 Å². The van der Waals surface area contributed by atoms with E-state index in [0.29, 0.717) is 0 Å². The Bertz CT molecular complexity index is 976. The molecule has 0 amide bonds. The van der Waals surface area contributed by atoms with Crippen molar-refractivity contribution in [2.75, 3.05) is 26.1 Å². The van der Waals surface area contributed by atoms with Gasteiger partial charge in [0.2, 0.25) is 0 Å². The fraction of sp³-hybridized carbons (Fsp3) is 0.286. The van der Waals surface area contributed by atoms with Crippen molar-refractivity contribution in [3.63, 3.8) is 0 Å². The van der Waals surface area contributed by atoms with Gasteiger partial charge in [-0.05, 0) is 55.7 Å². The molecule has 0 atom stereocenters. The number of aryl methyl sites for hydroxylation is 2. The highest BCUT2D eigenvalue weighted by Gasteiger charge is 2.25. The van der Waals surface area contributed by atoms with E-state index < -0.39 is 0 Å². The smallest absolute Gasteiger partial charge is 0.133 e. The summed E-state index contributed by atoms with van der Waals surface area (Å²) in [6.07, 6.45) is 0.949. The number of ether oxygens (including phenoxy) is 2. The molecule has 1 aliphatic rings. The minimum Gasteiger partial charge on any atom is -0.497 e. The minimum absolute atomic E-state index is 0.767. The molecule has 1 aliphatic heterocycles. The van der Waals surface area contributed by atoms with Gasteiger partial charge in [0, 0.05) is 23.7 Å². The number of fused-ring (bicyclic) bond motifs is 1. The van der Waals surface area contributed by atoms with Gasteiger partial charge in [-0.1, -0.05) is 6.07 Å². The zero-order valence-electron chi connectivity index (χ0n) is 15.6. The van der Waals surface area contributed by atoms with E-state index in [0.717, 1.165) is 47.2 Å². The molecule has 0 bridgehead atoms. The van der Waals surface area contributed by atoms with Crippen molar-refractivity contribution in [2.45, 2.75) is 20.3 Å². The molecular formula is C21H23N3O2. The van der Waals surface area contributed by atoms with Crippen LogP contribution in [-0.4, -0.2) is 30.5 Å². The molecule has 1 aromatic heterocycles. The van der Waals surface area contributed by atoms with E-state index in [4.69, 9.17) is 14.6 Å². The average molecular weight is 349 g/mol. The molecule has 0 saturated carbocycles. The number of rotatable bonds is 4. The third kappa shape index (κ3) is 2.60. The van der Waals surface area contributed by atoms with Crippen molar-refractivity contribution in [3.05, 3.63) is 53.1 Å². The molecule has 0 unspecified atom stereocenters. The van der Waals surface area contributed by atoms with E-state index >= 15 is 0 Å². The highest BCUT2D eigenvalue weighted by molar-refractivity contribution is 5.77. The summed E-state index contributed by atoms with van der Waals surface area (Å²) < 4.78 is 12.9. The second kappa shape index (κ2) is 6.41. The third-order valence-corrected chi connectivity index (χ3v) is 5.05. The van der Waals surface area contributed by atoms with Crippen molar-refractivity contribution < 1.29 is 9.47 Å². The van der Waals surface area contributed by atoms with Crippen molar-refractivity contribution >= 4 is 5.82 Å². The Hall–Kier alpha value is -2.95. The second-order valence-corrected chi connectivity index (χ2v) is 6.60. The van der Waals surface area contributed by atoms with Gasteiger partial charge in [-0.2, -0.15) is 5.10 Å². The molecule has 4 rings (SSSR count). The molecule has 5 heteroatoms. The normalized spacial score (nSPS) is 12.6. The van der Waals surface area contributed by atoms with Crippen LogP contribution >= 0.6 is 0 Å². The second-order valence-electron chi connectivity index (χ2n) is 6.60. The molecule has 134 valence electrons. The summed E-state index contributed by atoms with van der Waals surface area (Å²) in [5.74, 6) is 2.61. The molecule has 0 spiro atoms. The van der Waals surface area contributed by atoms with Crippen LogP contribution < -0.4 is 14.8 Å². The summed E-state index contributed by atoms with van der Waals surface area (Å²) in [5, 5.41) is 8.43. The van der Waals surface area contributed by atoms with Gasteiger partial charge in [-0.15, -0.1) is 0 Å². The summed E-state index contributed by atoms with van der Waals surface area (Å²) in [6, 6.07) is 12.3. The number of hydrogen-bond acceptors (Lipinski definition) is 4. The Kier molecular flexibility index (Phi) is 4.07. The Morgan fingerprint density at radius 1 is 1.00 bits per heavy atom. The van der Waals surface area contributed by atoms with Crippen LogP contribution in [0.15, 0.2) is 36.4 Å². The Labute approximate surface area is 153 Å². The average Bonchev–Trinajstić information content (AvgIpc) is 3.26. The maximum absolute atomic E-state index is 5.60. The molecule has 0 radical (unpaired) electrons. The van der Waals surface area contributed by atoms with Gasteiger partial charge in [-0.25, -0.2) is 4.68 Å². The van der Waals surface area contributed by atoms with Gasteiger partial charge in [0.15, 0.2) is 0 Å². The molecule has 0 aliphatic carbocycles. The zero-order chi connectivity index (χ0) is 18.3. The zero-order valence-corrected chi connectivity index (χ0v) is 15.6. The fourth-order valence-electron chi connectivity index (χ4n) is 3.43. The number of methoxy groups -OCH3 is 2. The SMILES string of the molecule is COc1ccc(-c2nn(-c3ccc(C)c(C)c3)c3c2CCN3)c(OC)c1. The Morgan fingerprint density at radius 2 is 1.85 bits per heavy atom. The summed E-state index contributed by atoms with van der Waals surface area (Å²) in [6.45, 7) is 5.17. The first kappa shape index (κ1) is 16.5. The van der Waals surface area contributed by atoms with Crippen LogP contribution in [0.5, 0.6) is 11.5 Å². The number of aromatic nitrogens is 2. The standard InChI is InChI=1S/C21H23N3O2/c1-13-5-6-15(11-14(13)2)24-21-18(9-10-22-21)20(23-24)17-8-7-16(25-3)12-19(17)26-4/h5-8,11-12,22H,9-10H2,1-4H3. The number of hydrogen-bond donors (Lipinski definition) is 1. The highest BCUT2D eigenvalue weighted by atomic mass is 16.5. The van der Waals surface area contributed by atoms with E-state index in [1.165, 1.54) is 16.7 Å². The first-order chi connectivity index (χ1) is 12.6. The lowest BCUT2D eigenvalue weighted by Crippen LogP contribution is -2.05. The van der Waals surface area contributed by atoms with Crippen molar-refractivity contribution in [1.82, 2.24) is 9.78 Å². The van der Waals surface area contributed by atoms with Crippen LogP contribution in [0.3, 0.4) is 0 Å². The lowest BCUT2D eigenvalue weighted by atomic mass is 10.1. The van der Waals surface area contributed by atoms with Crippen LogP contribution in [0.2, 0.25) is 0 Å². The number of anilines is 1. The molecule has 0 fully saturated rings. The van der Waals surface area contributed by atoms with Gasteiger partial charge in [-0.3, -0.25) is 0 Å². The van der Waals surface area contributed by atoms with E-state index in [1.54, 1.807) is 14.2 Å². The highest BCUT2D eigenvalue weighted by Crippen LogP contribution is 2.39. The Morgan fingerprint density at radius 3 is 2.58 bits per heavy atom. The van der Waals surface area contributed by atoms with E-state index in [2.05, 4.69) is 37.4 Å². The molecular weight excluding hydrogens is 326 g/mol. The summed E-state index contributed by atoms with van der Waals surface area (Å²) >= 11 is 0. The predicted molar refractivity (Wildman–Crippen MR) is 104 cm³/mol. The van der Waals surface area contributed by atoms with Crippen LogP contribution in [0.1, 0.15) is 16.7 Å². The van der Waals surface area contributed by atoms with Crippen LogP contribution in [-0.2, 0) is 6.42 Å². The fourth-order valence-corrected chi connectivity index (χ4v) is 3.43. The summed E-state index contributed by atoms with van der Waals surface area (Å²) in [5.41, 5.74) is 6.78. The van der Waals surface area contributed by atoms with Crippen molar-refractivity contribution in [3.8, 4) is 28.4 Å². The van der Waals surface area contributed by atoms with Gasteiger partial charge < -0.3 is 14.8 Å².